The Morgan fingerprint density at radius 2 is 1.83 bits per heavy atom. The van der Waals surface area contributed by atoms with E-state index in [9.17, 15) is 9.59 Å². The highest BCUT2D eigenvalue weighted by atomic mass is 35.5. The minimum atomic E-state index is -0.323. The zero-order valence-corrected chi connectivity index (χ0v) is 16.9. The van der Waals surface area contributed by atoms with E-state index in [1.54, 1.807) is 42.5 Å². The maximum absolute atomic E-state index is 12.5. The molecule has 0 saturated heterocycles. The summed E-state index contributed by atoms with van der Waals surface area (Å²) in [6.07, 6.45) is 2.72. The van der Waals surface area contributed by atoms with Gasteiger partial charge in [-0.05, 0) is 49.2 Å². The molecule has 150 valence electrons. The number of ether oxygens (including phenoxy) is 2. The highest BCUT2D eigenvalue weighted by molar-refractivity contribution is 6.36. The third-order valence-electron chi connectivity index (χ3n) is 4.96. The maximum Gasteiger partial charge on any atom is 0.212 e. The predicted octanol–water partition coefficient (Wildman–Crippen LogP) is 5.14. The first-order chi connectivity index (χ1) is 14.1. The fraction of sp³-hybridized carbons (Fsp3) is 0.273. The molecule has 5 nitrogen and oxygen atoms in total. The molecular weight excluding hydrogens is 415 g/mol. The van der Waals surface area contributed by atoms with Crippen molar-refractivity contribution in [1.82, 2.24) is 0 Å². The zero-order chi connectivity index (χ0) is 20.4. The standard InChI is InChI=1S/C22H18Cl2O5/c23-18-3-1-2-17-20(26)19(24)21(29-22(17)18)14-4-6-15(7-5-14)27-8-9-28-16-10-13(11-16)12-25/h1-7,12-13,16H,8-11H2. The predicted molar refractivity (Wildman–Crippen MR) is 112 cm³/mol. The molecule has 0 radical (unpaired) electrons. The Hall–Kier alpha value is -2.34. The van der Waals surface area contributed by atoms with E-state index in [1.807, 2.05) is 0 Å². The molecule has 1 saturated carbocycles. The molecule has 0 atom stereocenters. The van der Waals surface area contributed by atoms with Crippen LogP contribution in [0.2, 0.25) is 10.0 Å². The van der Waals surface area contributed by atoms with Crippen molar-refractivity contribution in [1.29, 1.82) is 0 Å². The summed E-state index contributed by atoms with van der Waals surface area (Å²) in [6.45, 7) is 0.866. The van der Waals surface area contributed by atoms with Gasteiger partial charge < -0.3 is 18.7 Å². The molecule has 0 spiro atoms. The molecule has 0 aliphatic heterocycles. The number of carbonyl (C=O) groups is 1. The molecule has 1 aromatic heterocycles. The summed E-state index contributed by atoms with van der Waals surface area (Å²) < 4.78 is 17.2. The van der Waals surface area contributed by atoms with E-state index in [0.29, 0.717) is 40.5 Å². The van der Waals surface area contributed by atoms with Crippen LogP contribution in [0, 0.1) is 5.92 Å². The fourth-order valence-corrected chi connectivity index (χ4v) is 3.74. The van der Waals surface area contributed by atoms with Crippen molar-refractivity contribution in [2.24, 2.45) is 5.92 Å². The summed E-state index contributed by atoms with van der Waals surface area (Å²) >= 11 is 12.4. The van der Waals surface area contributed by atoms with Gasteiger partial charge in [0.05, 0.1) is 23.1 Å². The average molecular weight is 433 g/mol. The van der Waals surface area contributed by atoms with E-state index in [1.165, 1.54) is 0 Å². The molecule has 2 aromatic carbocycles. The number of rotatable bonds is 7. The summed E-state index contributed by atoms with van der Waals surface area (Å²) in [5.41, 5.74) is 0.631. The van der Waals surface area contributed by atoms with Crippen molar-refractivity contribution in [2.75, 3.05) is 13.2 Å². The van der Waals surface area contributed by atoms with Crippen LogP contribution in [0.15, 0.2) is 51.7 Å². The summed E-state index contributed by atoms with van der Waals surface area (Å²) in [5.74, 6) is 1.07. The smallest absolute Gasteiger partial charge is 0.212 e. The van der Waals surface area contributed by atoms with Crippen molar-refractivity contribution in [3.8, 4) is 17.1 Å². The van der Waals surface area contributed by atoms with E-state index in [4.69, 9.17) is 37.1 Å². The lowest BCUT2D eigenvalue weighted by Gasteiger charge is -2.31. The van der Waals surface area contributed by atoms with Gasteiger partial charge >= 0.3 is 0 Å². The van der Waals surface area contributed by atoms with Gasteiger partial charge in [-0.3, -0.25) is 4.79 Å². The van der Waals surface area contributed by atoms with Crippen LogP contribution < -0.4 is 10.2 Å². The summed E-state index contributed by atoms with van der Waals surface area (Å²) in [7, 11) is 0. The van der Waals surface area contributed by atoms with Crippen LogP contribution in [0.4, 0.5) is 0 Å². The number of hydrogen-bond donors (Lipinski definition) is 0. The lowest BCUT2D eigenvalue weighted by atomic mass is 9.83. The van der Waals surface area contributed by atoms with Crippen LogP contribution in [0.3, 0.4) is 0 Å². The summed E-state index contributed by atoms with van der Waals surface area (Å²) in [6, 6.07) is 12.0. The zero-order valence-electron chi connectivity index (χ0n) is 15.4. The van der Waals surface area contributed by atoms with E-state index >= 15 is 0 Å². The van der Waals surface area contributed by atoms with Crippen LogP contribution >= 0.6 is 23.2 Å². The van der Waals surface area contributed by atoms with Gasteiger partial charge in [0.15, 0.2) is 11.3 Å². The average Bonchev–Trinajstić information content (AvgIpc) is 2.70. The topological polar surface area (TPSA) is 65.7 Å². The molecule has 1 fully saturated rings. The number of aldehydes is 1. The summed E-state index contributed by atoms with van der Waals surface area (Å²) in [5, 5.41) is 0.705. The Morgan fingerprint density at radius 3 is 2.55 bits per heavy atom. The maximum atomic E-state index is 12.5. The Morgan fingerprint density at radius 1 is 1.07 bits per heavy atom. The van der Waals surface area contributed by atoms with Gasteiger partial charge in [0.1, 0.15) is 23.7 Å². The van der Waals surface area contributed by atoms with Crippen LogP contribution in [-0.4, -0.2) is 25.6 Å². The molecule has 3 aromatic rings. The minimum Gasteiger partial charge on any atom is -0.491 e. The second-order valence-electron chi connectivity index (χ2n) is 6.92. The highest BCUT2D eigenvalue weighted by Gasteiger charge is 2.29. The van der Waals surface area contributed by atoms with Crippen LogP contribution in [0.25, 0.3) is 22.3 Å². The van der Waals surface area contributed by atoms with Crippen molar-refractivity contribution < 1.29 is 18.7 Å². The first-order valence-corrected chi connectivity index (χ1v) is 10.0. The molecule has 1 heterocycles. The molecule has 0 amide bonds. The number of halogens is 2. The van der Waals surface area contributed by atoms with Gasteiger partial charge in [-0.1, -0.05) is 29.3 Å². The van der Waals surface area contributed by atoms with Crippen LogP contribution in [0.5, 0.6) is 5.75 Å². The third kappa shape index (κ3) is 4.17. The second kappa shape index (κ2) is 8.57. The van der Waals surface area contributed by atoms with Crippen molar-refractivity contribution in [3.05, 3.63) is 62.7 Å². The molecular formula is C22H18Cl2O5. The van der Waals surface area contributed by atoms with Crippen molar-refractivity contribution in [3.63, 3.8) is 0 Å². The Balaban J connectivity index is 1.43. The number of benzene rings is 2. The number of carbonyl (C=O) groups excluding carboxylic acids is 1. The largest absolute Gasteiger partial charge is 0.491 e. The molecule has 0 unspecified atom stereocenters. The Kier molecular flexibility index (Phi) is 5.90. The number of para-hydroxylation sites is 1. The lowest BCUT2D eigenvalue weighted by molar-refractivity contribution is -0.119. The first-order valence-electron chi connectivity index (χ1n) is 9.27. The van der Waals surface area contributed by atoms with E-state index in [2.05, 4.69) is 0 Å². The van der Waals surface area contributed by atoms with E-state index in [-0.39, 0.29) is 28.2 Å². The number of hydrogen-bond acceptors (Lipinski definition) is 5. The molecule has 29 heavy (non-hydrogen) atoms. The van der Waals surface area contributed by atoms with Crippen molar-refractivity contribution >= 4 is 40.5 Å². The lowest BCUT2D eigenvalue weighted by Crippen LogP contribution is -2.33. The first kappa shape index (κ1) is 20.0. The molecule has 1 aliphatic carbocycles. The third-order valence-corrected chi connectivity index (χ3v) is 5.60. The van der Waals surface area contributed by atoms with Gasteiger partial charge in [-0.15, -0.1) is 0 Å². The highest BCUT2D eigenvalue weighted by Crippen LogP contribution is 2.32. The van der Waals surface area contributed by atoms with Crippen LogP contribution in [0.1, 0.15) is 12.8 Å². The molecule has 0 bridgehead atoms. The monoisotopic (exact) mass is 432 g/mol. The van der Waals surface area contributed by atoms with Crippen molar-refractivity contribution in [2.45, 2.75) is 18.9 Å². The Labute approximate surface area is 177 Å². The fourth-order valence-electron chi connectivity index (χ4n) is 3.28. The van der Waals surface area contributed by atoms with Gasteiger partial charge in [0.25, 0.3) is 0 Å². The second-order valence-corrected chi connectivity index (χ2v) is 7.71. The SMILES string of the molecule is O=CC1CC(OCCOc2ccc(-c3oc4c(Cl)cccc4c(=O)c3Cl)cc2)C1. The quantitative estimate of drug-likeness (QED) is 0.381. The van der Waals surface area contributed by atoms with Gasteiger partial charge in [-0.25, -0.2) is 0 Å². The normalized spacial score (nSPS) is 18.4. The van der Waals surface area contributed by atoms with Crippen LogP contribution in [-0.2, 0) is 9.53 Å². The molecule has 4 rings (SSSR count). The van der Waals surface area contributed by atoms with Gasteiger partial charge in [-0.2, -0.15) is 0 Å². The summed E-state index contributed by atoms with van der Waals surface area (Å²) in [4.78, 5) is 23.1. The minimum absolute atomic E-state index is 0.0101. The molecule has 1 aliphatic rings. The number of fused-ring (bicyclic) bond motifs is 1. The molecule has 7 heteroatoms. The van der Waals surface area contributed by atoms with E-state index in [0.717, 1.165) is 19.1 Å². The van der Waals surface area contributed by atoms with E-state index < -0.39 is 0 Å². The Bertz CT molecular complexity index is 1080. The molecule has 0 N–H and O–H groups in total. The van der Waals surface area contributed by atoms with Gasteiger partial charge in [0, 0.05) is 11.5 Å². The van der Waals surface area contributed by atoms with Gasteiger partial charge in [0.2, 0.25) is 5.43 Å².